The van der Waals surface area contributed by atoms with Crippen LogP contribution in [0, 0.1) is 0 Å². The van der Waals surface area contributed by atoms with E-state index in [9.17, 15) is 0 Å². The highest BCUT2D eigenvalue weighted by Crippen LogP contribution is 2.41. The largest absolute Gasteiger partial charge is 0.456 e. The molecule has 13 aromatic rings. The maximum Gasteiger partial charge on any atom is 0.235 e. The number of aromatic nitrogens is 6. The molecule has 0 fully saturated rings. The molecular formula is C59H36N6O. The van der Waals surface area contributed by atoms with Crippen LogP contribution in [0.2, 0.25) is 0 Å². The van der Waals surface area contributed by atoms with Gasteiger partial charge in [-0.2, -0.15) is 0 Å². The molecule has 0 N–H and O–H groups in total. The van der Waals surface area contributed by atoms with Gasteiger partial charge in [0, 0.05) is 49.2 Å². The number of para-hydroxylation sites is 2. The lowest BCUT2D eigenvalue weighted by Crippen LogP contribution is -2.03. The normalized spacial score (nSPS) is 11.6. The van der Waals surface area contributed by atoms with Gasteiger partial charge in [-0.05, 0) is 64.7 Å². The quantitative estimate of drug-likeness (QED) is 0.159. The maximum atomic E-state index is 6.53. The van der Waals surface area contributed by atoms with Gasteiger partial charge in [-0.3, -0.25) is 4.57 Å². The third-order valence-electron chi connectivity index (χ3n) is 12.5. The van der Waals surface area contributed by atoms with Crippen molar-refractivity contribution in [2.75, 3.05) is 0 Å². The zero-order chi connectivity index (χ0) is 43.6. The maximum absolute atomic E-state index is 6.53. The smallest absolute Gasteiger partial charge is 0.235 e. The molecule has 0 atom stereocenters. The second kappa shape index (κ2) is 15.3. The number of nitrogens with zero attached hydrogens (tertiary/aromatic N) is 6. The molecule has 9 aromatic carbocycles. The van der Waals surface area contributed by atoms with E-state index >= 15 is 0 Å². The van der Waals surface area contributed by atoms with Crippen LogP contribution >= 0.6 is 0 Å². The molecule has 7 nitrogen and oxygen atoms in total. The Morgan fingerprint density at radius 2 is 0.864 bits per heavy atom. The topological polar surface area (TPSA) is 82.5 Å². The number of rotatable bonds is 7. The van der Waals surface area contributed by atoms with Gasteiger partial charge in [0.2, 0.25) is 5.95 Å². The minimum absolute atomic E-state index is 0.582. The van der Waals surface area contributed by atoms with Gasteiger partial charge in [-0.15, -0.1) is 0 Å². The summed E-state index contributed by atoms with van der Waals surface area (Å²) in [5, 5.41) is 5.17. The van der Waals surface area contributed by atoms with Gasteiger partial charge >= 0.3 is 0 Å². The number of benzene rings is 9. The van der Waals surface area contributed by atoms with Gasteiger partial charge in [-0.1, -0.05) is 176 Å². The average molecular weight is 845 g/mol. The summed E-state index contributed by atoms with van der Waals surface area (Å²) in [7, 11) is 0. The number of hydrogen-bond donors (Lipinski definition) is 0. The Labute approximate surface area is 379 Å². The Balaban J connectivity index is 0.946. The van der Waals surface area contributed by atoms with E-state index in [2.05, 4.69) is 138 Å². The Bertz CT molecular complexity index is 3920. The molecule has 0 saturated heterocycles. The molecule has 308 valence electrons. The van der Waals surface area contributed by atoms with E-state index in [4.69, 9.17) is 29.3 Å². The highest BCUT2D eigenvalue weighted by Gasteiger charge is 2.21. The lowest BCUT2D eigenvalue weighted by atomic mass is 9.99. The molecular weight excluding hydrogens is 809 g/mol. The van der Waals surface area contributed by atoms with Crippen molar-refractivity contribution in [2.24, 2.45) is 0 Å². The molecule has 13 rings (SSSR count). The summed E-state index contributed by atoms with van der Waals surface area (Å²) in [5.74, 6) is 2.43. The summed E-state index contributed by atoms with van der Waals surface area (Å²) < 4.78 is 8.72. The van der Waals surface area contributed by atoms with Crippen LogP contribution in [-0.2, 0) is 0 Å². The van der Waals surface area contributed by atoms with Crippen molar-refractivity contribution >= 4 is 54.6 Å². The van der Waals surface area contributed by atoms with Gasteiger partial charge in [0.15, 0.2) is 17.5 Å². The van der Waals surface area contributed by atoms with E-state index in [1.54, 1.807) is 0 Å². The molecule has 66 heavy (non-hydrogen) atoms. The average Bonchev–Trinajstić information content (AvgIpc) is 3.94. The van der Waals surface area contributed by atoms with Gasteiger partial charge in [0.1, 0.15) is 11.2 Å². The summed E-state index contributed by atoms with van der Waals surface area (Å²) in [6.07, 6.45) is 0. The number of furan rings is 1. The van der Waals surface area contributed by atoms with E-state index in [1.165, 1.54) is 5.56 Å². The molecule has 0 aliphatic heterocycles. The molecule has 0 spiro atoms. The first-order chi connectivity index (χ1) is 32.7. The van der Waals surface area contributed by atoms with Crippen LogP contribution in [-0.4, -0.2) is 29.5 Å². The first kappa shape index (κ1) is 37.5. The molecule has 0 bridgehead atoms. The molecule has 4 aromatic heterocycles. The Morgan fingerprint density at radius 3 is 1.59 bits per heavy atom. The van der Waals surface area contributed by atoms with E-state index in [0.29, 0.717) is 23.4 Å². The highest BCUT2D eigenvalue weighted by molar-refractivity contribution is 6.14. The second-order valence-corrected chi connectivity index (χ2v) is 16.4. The van der Waals surface area contributed by atoms with Crippen LogP contribution in [0.25, 0.3) is 128 Å². The fourth-order valence-electron chi connectivity index (χ4n) is 9.33. The van der Waals surface area contributed by atoms with Crippen molar-refractivity contribution < 1.29 is 4.42 Å². The summed E-state index contributed by atoms with van der Waals surface area (Å²) in [6.45, 7) is 0. The van der Waals surface area contributed by atoms with Crippen molar-refractivity contribution in [3.8, 4) is 73.6 Å². The van der Waals surface area contributed by atoms with E-state index in [1.807, 2.05) is 84.9 Å². The summed E-state index contributed by atoms with van der Waals surface area (Å²) >= 11 is 0. The Morgan fingerprint density at radius 1 is 0.318 bits per heavy atom. The Kier molecular flexibility index (Phi) is 8.70. The van der Waals surface area contributed by atoms with Crippen LogP contribution in [0.5, 0.6) is 0 Å². The fourth-order valence-corrected chi connectivity index (χ4v) is 9.33. The number of hydrogen-bond acceptors (Lipinski definition) is 6. The predicted octanol–water partition coefficient (Wildman–Crippen LogP) is 14.8. The van der Waals surface area contributed by atoms with Crippen molar-refractivity contribution in [1.82, 2.24) is 29.5 Å². The minimum Gasteiger partial charge on any atom is -0.456 e. The lowest BCUT2D eigenvalue weighted by molar-refractivity contribution is 0.669. The highest BCUT2D eigenvalue weighted by atomic mass is 16.3. The predicted molar refractivity (Wildman–Crippen MR) is 267 cm³/mol. The zero-order valence-electron chi connectivity index (χ0n) is 35.4. The second-order valence-electron chi connectivity index (χ2n) is 16.4. The molecule has 0 radical (unpaired) electrons. The monoisotopic (exact) mass is 844 g/mol. The van der Waals surface area contributed by atoms with Gasteiger partial charge in [-0.25, -0.2) is 24.9 Å². The van der Waals surface area contributed by atoms with E-state index < -0.39 is 0 Å². The van der Waals surface area contributed by atoms with E-state index in [-0.39, 0.29) is 0 Å². The number of fused-ring (bicyclic) bond motifs is 7. The molecule has 0 aliphatic rings. The third kappa shape index (κ3) is 6.32. The van der Waals surface area contributed by atoms with Crippen LogP contribution in [0.4, 0.5) is 0 Å². The van der Waals surface area contributed by atoms with Crippen molar-refractivity contribution in [3.05, 3.63) is 218 Å². The van der Waals surface area contributed by atoms with Crippen LogP contribution in [0.15, 0.2) is 223 Å². The SMILES string of the molecule is c1ccc(-c2ccc(-c3nc(-n4c5ccccc5c5cc(-c6ccc7oc8cccc(-c9nc(-c%10ccccc%10)nc(-c%10ccccc%10)n9)c8c7c6)ccc54)nc4ccccc34)cc2)cc1. The van der Waals surface area contributed by atoms with Crippen molar-refractivity contribution in [1.29, 1.82) is 0 Å². The first-order valence-electron chi connectivity index (χ1n) is 22.0. The van der Waals surface area contributed by atoms with Crippen LogP contribution < -0.4 is 0 Å². The summed E-state index contributed by atoms with van der Waals surface area (Å²) in [5.41, 5.74) is 13.6. The zero-order valence-corrected chi connectivity index (χ0v) is 35.4. The molecule has 0 aliphatic carbocycles. The third-order valence-corrected chi connectivity index (χ3v) is 12.5. The van der Waals surface area contributed by atoms with Crippen molar-refractivity contribution in [3.63, 3.8) is 0 Å². The van der Waals surface area contributed by atoms with Gasteiger partial charge < -0.3 is 4.42 Å². The Hall–Kier alpha value is -9.07. The minimum atomic E-state index is 0.582. The van der Waals surface area contributed by atoms with Crippen molar-refractivity contribution in [2.45, 2.75) is 0 Å². The van der Waals surface area contributed by atoms with Crippen LogP contribution in [0.3, 0.4) is 0 Å². The standard InChI is InChI=1S/C59H36N6O/c1-4-15-37(16-5-1)38-27-29-39(30-28-38)55-45-22-10-12-24-49(45)60-59(61-55)65-50-25-13-11-21-44(50)47-35-42(31-33-51(47)65)43-32-34-52-48(36-43)54-46(23-14-26-53(54)66-52)58-63-56(40-17-6-2-7-18-40)62-57(64-58)41-19-8-3-9-20-41/h1-36H. The molecule has 0 unspecified atom stereocenters. The molecule has 0 amide bonds. The summed E-state index contributed by atoms with van der Waals surface area (Å²) in [6, 6.07) is 75.2. The molecule has 4 heterocycles. The molecule has 7 heteroatoms. The van der Waals surface area contributed by atoms with Gasteiger partial charge in [0.25, 0.3) is 0 Å². The molecule has 0 saturated carbocycles. The first-order valence-corrected chi connectivity index (χ1v) is 22.0. The van der Waals surface area contributed by atoms with E-state index in [0.717, 1.165) is 99.3 Å². The van der Waals surface area contributed by atoms with Crippen LogP contribution in [0.1, 0.15) is 0 Å². The fraction of sp³-hybridized carbons (Fsp3) is 0. The lowest BCUT2D eigenvalue weighted by Gasteiger charge is -2.12. The van der Waals surface area contributed by atoms with Gasteiger partial charge in [0.05, 0.1) is 22.2 Å². The summed E-state index contributed by atoms with van der Waals surface area (Å²) in [4.78, 5) is 25.7.